The van der Waals surface area contributed by atoms with Gasteiger partial charge in [0.2, 0.25) is 5.95 Å². The van der Waals surface area contributed by atoms with E-state index in [-0.39, 0.29) is 17.4 Å². The number of aliphatic hydroxyl groups excluding tert-OH is 1. The third-order valence-electron chi connectivity index (χ3n) is 3.70. The highest BCUT2D eigenvalue weighted by Crippen LogP contribution is 2.21. The minimum Gasteiger partial charge on any atom is -0.508 e. The normalized spacial score (nSPS) is 16.2. The van der Waals surface area contributed by atoms with Crippen molar-refractivity contribution >= 4 is 23.4 Å². The summed E-state index contributed by atoms with van der Waals surface area (Å²) in [5.74, 6) is 0.245. The molecule has 0 spiro atoms. The van der Waals surface area contributed by atoms with Gasteiger partial charge in [0, 0.05) is 11.9 Å². The van der Waals surface area contributed by atoms with Crippen molar-refractivity contribution in [3.8, 4) is 0 Å². The van der Waals surface area contributed by atoms with Crippen molar-refractivity contribution < 1.29 is 9.90 Å². The fraction of sp³-hybridized carbons (Fsp3) is 0.167. The van der Waals surface area contributed by atoms with Crippen molar-refractivity contribution in [2.45, 2.75) is 19.4 Å². The second-order valence-corrected chi connectivity index (χ2v) is 5.80. The third kappa shape index (κ3) is 4.14. The Hall–Kier alpha value is -3.35. The smallest absolute Gasteiger partial charge is 0.254 e. The molecule has 2 aromatic rings. The molecule has 0 fully saturated rings. The first-order chi connectivity index (χ1) is 12.0. The Morgan fingerprint density at radius 3 is 2.96 bits per heavy atom. The molecule has 1 unspecified atom stereocenters. The van der Waals surface area contributed by atoms with Gasteiger partial charge in [-0.25, -0.2) is 4.98 Å². The molecule has 0 aliphatic heterocycles. The Balaban J connectivity index is 1.87. The van der Waals surface area contributed by atoms with E-state index in [2.05, 4.69) is 20.6 Å². The number of carbonyl (C=O) groups is 1. The minimum atomic E-state index is -0.611. The first-order valence-electron chi connectivity index (χ1n) is 7.85. The number of primary amides is 1. The number of nitrogens with two attached hydrogens (primary N) is 1. The second-order valence-electron chi connectivity index (χ2n) is 5.80. The fourth-order valence-electron chi connectivity index (χ4n) is 2.52. The number of aryl methyl sites for hydroxylation is 1. The highest BCUT2D eigenvalue weighted by atomic mass is 16.3. The van der Waals surface area contributed by atoms with Crippen LogP contribution in [0.5, 0.6) is 0 Å². The number of allylic oxidation sites excluding steroid dienone is 1. The summed E-state index contributed by atoms with van der Waals surface area (Å²) < 4.78 is 0. The van der Waals surface area contributed by atoms with Gasteiger partial charge in [-0.3, -0.25) is 4.79 Å². The van der Waals surface area contributed by atoms with Gasteiger partial charge in [0.15, 0.2) is 0 Å². The largest absolute Gasteiger partial charge is 0.508 e. The lowest BCUT2D eigenvalue weighted by atomic mass is 10.1. The number of hydrogen-bond donors (Lipinski definition) is 4. The maximum absolute atomic E-state index is 11.7. The molecule has 1 aromatic carbocycles. The molecule has 1 amide bonds. The number of nitrogens with zero attached hydrogens (tertiary/aromatic N) is 2. The van der Waals surface area contributed by atoms with Gasteiger partial charge >= 0.3 is 0 Å². The van der Waals surface area contributed by atoms with E-state index in [9.17, 15) is 9.90 Å². The van der Waals surface area contributed by atoms with Crippen LogP contribution in [0.2, 0.25) is 0 Å². The molecule has 128 valence electrons. The molecule has 0 saturated carbocycles. The van der Waals surface area contributed by atoms with Gasteiger partial charge in [0.25, 0.3) is 5.91 Å². The summed E-state index contributed by atoms with van der Waals surface area (Å²) in [6.07, 6.45) is 7.26. The standard InChI is InChI=1S/C18H19N5O2/c1-11-4-2-5-12(8-11)21-17-15(16(19)25)10-20-18(23-17)22-13-6-3-7-14(24)9-13/h2-5,7-10,13,24H,6H2,1H3,(H2,19,25)(H2,20,21,22,23). The van der Waals surface area contributed by atoms with Crippen LogP contribution >= 0.6 is 0 Å². The van der Waals surface area contributed by atoms with Crippen molar-refractivity contribution in [3.63, 3.8) is 0 Å². The zero-order valence-electron chi connectivity index (χ0n) is 13.7. The summed E-state index contributed by atoms with van der Waals surface area (Å²) in [6, 6.07) is 7.56. The average Bonchev–Trinajstić information content (AvgIpc) is 2.55. The highest BCUT2D eigenvalue weighted by Gasteiger charge is 2.15. The van der Waals surface area contributed by atoms with E-state index in [1.165, 1.54) is 6.20 Å². The molecule has 25 heavy (non-hydrogen) atoms. The molecule has 5 N–H and O–H groups in total. The number of amides is 1. The van der Waals surface area contributed by atoms with Crippen LogP contribution in [-0.2, 0) is 0 Å². The SMILES string of the molecule is Cc1cccc(Nc2nc(NC3C=C(O)C=CC3)ncc2C(N)=O)c1. The van der Waals surface area contributed by atoms with Crippen molar-refractivity contribution in [2.75, 3.05) is 10.6 Å². The maximum Gasteiger partial charge on any atom is 0.254 e. The molecule has 1 aliphatic carbocycles. The molecular formula is C18H19N5O2. The third-order valence-corrected chi connectivity index (χ3v) is 3.70. The lowest BCUT2D eigenvalue weighted by molar-refractivity contribution is 0.100. The van der Waals surface area contributed by atoms with Crippen LogP contribution in [0.25, 0.3) is 0 Å². The predicted octanol–water partition coefficient (Wildman–Crippen LogP) is 2.81. The zero-order chi connectivity index (χ0) is 17.8. The summed E-state index contributed by atoms with van der Waals surface area (Å²) in [4.78, 5) is 20.2. The molecule has 7 nitrogen and oxygen atoms in total. The van der Waals surface area contributed by atoms with E-state index in [0.717, 1.165) is 11.3 Å². The van der Waals surface area contributed by atoms with Crippen molar-refractivity contribution in [1.82, 2.24) is 9.97 Å². The van der Waals surface area contributed by atoms with Gasteiger partial charge in [0.05, 0.1) is 6.04 Å². The number of aromatic nitrogens is 2. The number of anilines is 3. The highest BCUT2D eigenvalue weighted by molar-refractivity contribution is 5.98. The summed E-state index contributed by atoms with van der Waals surface area (Å²) >= 11 is 0. The van der Waals surface area contributed by atoms with E-state index in [4.69, 9.17) is 5.73 Å². The lowest BCUT2D eigenvalue weighted by Crippen LogP contribution is -2.21. The lowest BCUT2D eigenvalue weighted by Gasteiger charge is -2.17. The molecule has 0 radical (unpaired) electrons. The quantitative estimate of drug-likeness (QED) is 0.667. The molecular weight excluding hydrogens is 318 g/mol. The molecule has 1 aliphatic rings. The van der Waals surface area contributed by atoms with Gasteiger partial charge in [-0.15, -0.1) is 0 Å². The Morgan fingerprint density at radius 1 is 1.40 bits per heavy atom. The number of aliphatic hydroxyl groups is 1. The average molecular weight is 337 g/mol. The molecule has 1 heterocycles. The first kappa shape index (κ1) is 16.5. The molecule has 0 saturated heterocycles. The summed E-state index contributed by atoms with van der Waals surface area (Å²) in [6.45, 7) is 1.97. The number of rotatable bonds is 5. The van der Waals surface area contributed by atoms with Crippen LogP contribution in [0.1, 0.15) is 22.3 Å². The van der Waals surface area contributed by atoms with E-state index >= 15 is 0 Å². The van der Waals surface area contributed by atoms with Crippen LogP contribution < -0.4 is 16.4 Å². The summed E-state index contributed by atoms with van der Waals surface area (Å²) in [5, 5.41) is 15.8. The predicted molar refractivity (Wildman–Crippen MR) is 96.9 cm³/mol. The Labute approximate surface area is 145 Å². The van der Waals surface area contributed by atoms with Crippen LogP contribution in [-0.4, -0.2) is 27.0 Å². The van der Waals surface area contributed by atoms with Gasteiger partial charge < -0.3 is 21.5 Å². The van der Waals surface area contributed by atoms with Crippen molar-refractivity contribution in [1.29, 1.82) is 0 Å². The Bertz CT molecular complexity index is 860. The van der Waals surface area contributed by atoms with E-state index in [1.807, 2.05) is 37.3 Å². The van der Waals surface area contributed by atoms with E-state index in [0.29, 0.717) is 18.2 Å². The van der Waals surface area contributed by atoms with Gasteiger partial charge in [-0.2, -0.15) is 4.98 Å². The van der Waals surface area contributed by atoms with Gasteiger partial charge in [-0.1, -0.05) is 18.2 Å². The van der Waals surface area contributed by atoms with E-state index in [1.54, 1.807) is 12.2 Å². The first-order valence-corrected chi connectivity index (χ1v) is 7.85. The van der Waals surface area contributed by atoms with Crippen LogP contribution in [0.4, 0.5) is 17.5 Å². The van der Waals surface area contributed by atoms with Gasteiger partial charge in [0.1, 0.15) is 17.1 Å². The number of benzene rings is 1. The van der Waals surface area contributed by atoms with Gasteiger partial charge in [-0.05, 0) is 43.2 Å². The number of hydrogen-bond acceptors (Lipinski definition) is 6. The molecule has 3 rings (SSSR count). The summed E-state index contributed by atoms with van der Waals surface area (Å²) in [5.41, 5.74) is 7.50. The van der Waals surface area contributed by atoms with Crippen molar-refractivity contribution in [3.05, 3.63) is 65.6 Å². The van der Waals surface area contributed by atoms with E-state index < -0.39 is 5.91 Å². The molecule has 1 atom stereocenters. The number of carbonyl (C=O) groups excluding carboxylic acids is 1. The van der Waals surface area contributed by atoms with Crippen molar-refractivity contribution in [2.24, 2.45) is 5.73 Å². The van der Waals surface area contributed by atoms with Crippen LogP contribution in [0.15, 0.2) is 54.4 Å². The van der Waals surface area contributed by atoms with Crippen LogP contribution in [0.3, 0.4) is 0 Å². The molecule has 0 bridgehead atoms. The summed E-state index contributed by atoms with van der Waals surface area (Å²) in [7, 11) is 0. The zero-order valence-corrected chi connectivity index (χ0v) is 13.7. The second kappa shape index (κ2) is 7.04. The number of nitrogens with one attached hydrogen (secondary N) is 2. The Morgan fingerprint density at radius 2 is 2.24 bits per heavy atom. The minimum absolute atomic E-state index is 0.128. The Kier molecular flexibility index (Phi) is 4.65. The molecule has 1 aromatic heterocycles. The monoisotopic (exact) mass is 337 g/mol. The fourth-order valence-corrected chi connectivity index (χ4v) is 2.52. The maximum atomic E-state index is 11.7. The van der Waals surface area contributed by atoms with Crippen LogP contribution in [0, 0.1) is 6.92 Å². The topological polar surface area (TPSA) is 113 Å². The molecule has 7 heteroatoms.